The number of nitrogens with zero attached hydrogens (tertiary/aromatic N) is 4. The van der Waals surface area contributed by atoms with E-state index in [4.69, 9.17) is 5.73 Å². The van der Waals surface area contributed by atoms with Crippen LogP contribution in [-0.4, -0.2) is 39.8 Å². The van der Waals surface area contributed by atoms with E-state index in [-0.39, 0.29) is 35.3 Å². The monoisotopic (exact) mass is 411 g/mol. The molecule has 1 fully saturated rings. The van der Waals surface area contributed by atoms with Crippen LogP contribution >= 0.6 is 0 Å². The molecule has 0 unspecified atom stereocenters. The molecule has 2 amide bonds. The zero-order valence-corrected chi connectivity index (χ0v) is 16.1. The van der Waals surface area contributed by atoms with E-state index in [0.29, 0.717) is 11.5 Å². The number of benzene rings is 1. The number of fused-ring (bicyclic) bond motifs is 1. The van der Waals surface area contributed by atoms with E-state index in [1.165, 1.54) is 18.2 Å². The highest BCUT2D eigenvalue weighted by molar-refractivity contribution is 6.06. The summed E-state index contributed by atoms with van der Waals surface area (Å²) >= 11 is 0. The van der Waals surface area contributed by atoms with Crippen LogP contribution in [0.4, 0.5) is 29.0 Å². The van der Waals surface area contributed by atoms with Gasteiger partial charge in [-0.2, -0.15) is 9.97 Å². The summed E-state index contributed by atoms with van der Waals surface area (Å²) in [4.78, 5) is 46.7. The first-order valence-corrected chi connectivity index (χ1v) is 9.70. The molecule has 1 aromatic heterocycles. The zero-order chi connectivity index (χ0) is 21.3. The summed E-state index contributed by atoms with van der Waals surface area (Å²) in [6.07, 6.45) is 3.03. The normalized spacial score (nSPS) is 18.3. The van der Waals surface area contributed by atoms with Crippen molar-refractivity contribution in [3.8, 4) is 0 Å². The van der Waals surface area contributed by atoms with Gasteiger partial charge >= 0.3 is 0 Å². The van der Waals surface area contributed by atoms with Crippen molar-refractivity contribution >= 4 is 40.8 Å². The van der Waals surface area contributed by atoms with Gasteiger partial charge in [0.05, 0.1) is 16.4 Å². The number of hydrogen-bond acceptors (Lipinski definition) is 8. The molecule has 1 saturated heterocycles. The molecule has 30 heavy (non-hydrogen) atoms. The van der Waals surface area contributed by atoms with Crippen molar-refractivity contribution in [2.75, 3.05) is 34.4 Å². The van der Waals surface area contributed by atoms with Crippen molar-refractivity contribution in [3.63, 3.8) is 0 Å². The Morgan fingerprint density at radius 1 is 1.23 bits per heavy atom. The van der Waals surface area contributed by atoms with Crippen LogP contribution < -0.4 is 21.3 Å². The summed E-state index contributed by atoms with van der Waals surface area (Å²) < 4.78 is 0. The summed E-state index contributed by atoms with van der Waals surface area (Å²) in [6.45, 7) is 1.60. The number of piperidine rings is 1. The number of anilines is 4. The molecule has 4 N–H and O–H groups in total. The van der Waals surface area contributed by atoms with Gasteiger partial charge < -0.3 is 21.3 Å². The van der Waals surface area contributed by atoms with E-state index >= 15 is 0 Å². The number of nitrogens with two attached hydrogens (primary N) is 1. The number of para-hydroxylation sites is 2. The fourth-order valence-electron chi connectivity index (χ4n) is 3.80. The van der Waals surface area contributed by atoms with Crippen LogP contribution in [0.5, 0.6) is 0 Å². The van der Waals surface area contributed by atoms with Gasteiger partial charge in [0.1, 0.15) is 17.3 Å². The van der Waals surface area contributed by atoms with Crippen molar-refractivity contribution in [1.82, 2.24) is 9.97 Å². The standard InChI is InChI=1S/C19H21N7O4/c20-16-15-11(18(28)21-12-6-2-3-7-13(12)26(29)30)10-14(27)22-17(15)24-19(23-16)25-8-4-1-5-9-25/h2-3,6-7,11H,1,4-5,8-10H2,(H,21,28)(H3,20,22,23,24,27)/t11-/m0/s1. The van der Waals surface area contributed by atoms with Gasteiger partial charge in [-0.1, -0.05) is 12.1 Å². The fraction of sp³-hybridized carbons (Fsp3) is 0.368. The van der Waals surface area contributed by atoms with Crippen molar-refractivity contribution in [2.45, 2.75) is 31.6 Å². The van der Waals surface area contributed by atoms with E-state index < -0.39 is 16.7 Å². The lowest BCUT2D eigenvalue weighted by Gasteiger charge is -2.30. The van der Waals surface area contributed by atoms with Crippen molar-refractivity contribution in [1.29, 1.82) is 0 Å². The smallest absolute Gasteiger partial charge is 0.292 e. The minimum Gasteiger partial charge on any atom is -0.383 e. The number of aromatic nitrogens is 2. The number of carbonyl (C=O) groups is 2. The molecule has 0 aliphatic carbocycles. The number of nitro benzene ring substituents is 1. The van der Waals surface area contributed by atoms with Gasteiger partial charge in [0.15, 0.2) is 0 Å². The highest BCUT2D eigenvalue weighted by Gasteiger charge is 2.36. The zero-order valence-electron chi connectivity index (χ0n) is 16.1. The van der Waals surface area contributed by atoms with E-state index in [1.54, 1.807) is 6.07 Å². The van der Waals surface area contributed by atoms with Crippen molar-refractivity contribution in [2.24, 2.45) is 0 Å². The van der Waals surface area contributed by atoms with Crippen LogP contribution in [0, 0.1) is 10.1 Å². The Labute approximate surface area is 171 Å². The van der Waals surface area contributed by atoms with Crippen molar-refractivity contribution < 1.29 is 14.5 Å². The fourth-order valence-corrected chi connectivity index (χ4v) is 3.80. The Balaban J connectivity index is 1.65. The van der Waals surface area contributed by atoms with Crippen LogP contribution in [0.3, 0.4) is 0 Å². The first kappa shape index (κ1) is 19.6. The SMILES string of the molecule is Nc1nc(N2CCCCC2)nc2c1[C@@H](C(=O)Nc1ccccc1[N+](=O)[O-])CC(=O)N2. The van der Waals surface area contributed by atoms with Gasteiger partial charge in [0.25, 0.3) is 5.69 Å². The minimum absolute atomic E-state index is 0.0458. The molecule has 0 spiro atoms. The summed E-state index contributed by atoms with van der Waals surface area (Å²) in [5.41, 5.74) is 6.31. The lowest BCUT2D eigenvalue weighted by molar-refractivity contribution is -0.383. The predicted octanol–water partition coefficient (Wildman–Crippen LogP) is 2.02. The number of nitrogen functional groups attached to an aromatic ring is 1. The van der Waals surface area contributed by atoms with Crippen LogP contribution in [-0.2, 0) is 9.59 Å². The second kappa shape index (κ2) is 7.93. The first-order chi connectivity index (χ1) is 14.4. The molecular formula is C19H21N7O4. The molecule has 0 bridgehead atoms. The maximum absolute atomic E-state index is 13.0. The highest BCUT2D eigenvalue weighted by atomic mass is 16.6. The average Bonchev–Trinajstić information content (AvgIpc) is 2.73. The van der Waals surface area contributed by atoms with E-state index in [1.807, 2.05) is 4.90 Å². The molecular weight excluding hydrogens is 390 g/mol. The number of carbonyl (C=O) groups excluding carboxylic acids is 2. The molecule has 3 heterocycles. The number of rotatable bonds is 4. The van der Waals surface area contributed by atoms with Crippen molar-refractivity contribution in [3.05, 3.63) is 39.9 Å². The Kier molecular flexibility index (Phi) is 5.17. The quantitative estimate of drug-likeness (QED) is 0.509. The van der Waals surface area contributed by atoms with E-state index in [2.05, 4.69) is 20.6 Å². The second-order valence-electron chi connectivity index (χ2n) is 7.29. The van der Waals surface area contributed by atoms with Gasteiger partial charge in [-0.15, -0.1) is 0 Å². The molecule has 2 aliphatic rings. The predicted molar refractivity (Wildman–Crippen MR) is 110 cm³/mol. The molecule has 156 valence electrons. The molecule has 11 heteroatoms. The topological polar surface area (TPSA) is 156 Å². The van der Waals surface area contributed by atoms with E-state index in [9.17, 15) is 19.7 Å². The van der Waals surface area contributed by atoms with Gasteiger partial charge in [-0.05, 0) is 25.3 Å². The van der Waals surface area contributed by atoms with Gasteiger partial charge in [-0.25, -0.2) is 0 Å². The number of amides is 2. The van der Waals surface area contributed by atoms with Crippen LogP contribution in [0.15, 0.2) is 24.3 Å². The summed E-state index contributed by atoms with van der Waals surface area (Å²) in [6, 6.07) is 5.80. The van der Waals surface area contributed by atoms with Gasteiger partial charge in [0, 0.05) is 25.6 Å². The molecule has 1 aromatic carbocycles. The Bertz CT molecular complexity index is 1020. The summed E-state index contributed by atoms with van der Waals surface area (Å²) in [7, 11) is 0. The molecule has 4 rings (SSSR count). The lowest BCUT2D eigenvalue weighted by Crippen LogP contribution is -2.35. The second-order valence-corrected chi connectivity index (χ2v) is 7.29. The highest BCUT2D eigenvalue weighted by Crippen LogP contribution is 2.37. The Morgan fingerprint density at radius 2 is 1.97 bits per heavy atom. The number of nitrogens with one attached hydrogen (secondary N) is 2. The third kappa shape index (κ3) is 3.73. The van der Waals surface area contributed by atoms with Crippen LogP contribution in [0.1, 0.15) is 37.2 Å². The number of nitro groups is 1. The molecule has 1 atom stereocenters. The largest absolute Gasteiger partial charge is 0.383 e. The van der Waals surface area contributed by atoms with Crippen LogP contribution in [0.25, 0.3) is 0 Å². The van der Waals surface area contributed by atoms with Gasteiger partial charge in [0.2, 0.25) is 17.8 Å². The summed E-state index contributed by atoms with van der Waals surface area (Å²) in [5, 5.41) is 16.4. The first-order valence-electron chi connectivity index (χ1n) is 9.70. The molecule has 0 saturated carbocycles. The maximum Gasteiger partial charge on any atom is 0.292 e. The third-order valence-electron chi connectivity index (χ3n) is 5.27. The molecule has 2 aliphatic heterocycles. The third-order valence-corrected chi connectivity index (χ3v) is 5.27. The molecule has 0 radical (unpaired) electrons. The Hall–Kier alpha value is -3.76. The van der Waals surface area contributed by atoms with E-state index in [0.717, 1.165) is 32.4 Å². The Morgan fingerprint density at radius 3 is 2.70 bits per heavy atom. The number of hydrogen-bond donors (Lipinski definition) is 3. The van der Waals surface area contributed by atoms with Crippen LogP contribution in [0.2, 0.25) is 0 Å². The lowest BCUT2D eigenvalue weighted by atomic mass is 9.91. The maximum atomic E-state index is 13.0. The molecule has 2 aromatic rings. The minimum atomic E-state index is -0.955. The van der Waals surface area contributed by atoms with Gasteiger partial charge in [-0.3, -0.25) is 19.7 Å². The summed E-state index contributed by atoms with van der Waals surface area (Å²) in [5.74, 6) is -1.17. The molecule has 11 nitrogen and oxygen atoms in total. The average molecular weight is 411 g/mol.